The summed E-state index contributed by atoms with van der Waals surface area (Å²) in [7, 11) is -2.06. The molecule has 2 N–H and O–H groups in total. The minimum atomic E-state index is -4.90. The number of nitrogens with two attached hydrogens (primary N) is 1. The molecule has 0 amide bonds. The second-order valence-electron chi connectivity index (χ2n) is 3.85. The van der Waals surface area contributed by atoms with Crippen molar-refractivity contribution < 1.29 is 26.0 Å². The van der Waals surface area contributed by atoms with Crippen LogP contribution in [-0.2, 0) is 16.6 Å². The highest BCUT2D eigenvalue weighted by Gasteiger charge is 2.31. The molecule has 18 heavy (non-hydrogen) atoms. The van der Waals surface area contributed by atoms with Gasteiger partial charge in [0.2, 0.25) is 10.0 Å². The third-order valence-electron chi connectivity index (χ3n) is 2.07. The Morgan fingerprint density at radius 3 is 1.67 bits per heavy atom. The molecule has 0 aliphatic rings. The topological polar surface area (TPSA) is 63.4 Å². The number of benzene rings is 1. The first-order valence-electron chi connectivity index (χ1n) is 4.59. The molecule has 0 spiro atoms. The van der Waals surface area contributed by atoms with E-state index in [9.17, 15) is 26.0 Å². The standard InChI is InChI=1S/C9H10F4N2O2S/c1-15(2)3-4-5(10)7(12)9(18(14,16)17)8(13)6(4)11/h3H2,1-2H3,(H2,14,16,17). The van der Waals surface area contributed by atoms with Crippen LogP contribution in [0.3, 0.4) is 0 Å². The zero-order chi connectivity index (χ0) is 14.2. The number of halogens is 4. The van der Waals surface area contributed by atoms with Crippen LogP contribution >= 0.6 is 0 Å². The van der Waals surface area contributed by atoms with Crippen molar-refractivity contribution in [3.05, 3.63) is 28.8 Å². The van der Waals surface area contributed by atoms with Gasteiger partial charge in [-0.15, -0.1) is 0 Å². The number of rotatable bonds is 3. The molecule has 4 nitrogen and oxygen atoms in total. The third kappa shape index (κ3) is 2.62. The van der Waals surface area contributed by atoms with E-state index in [4.69, 9.17) is 0 Å². The van der Waals surface area contributed by atoms with Crippen molar-refractivity contribution in [2.75, 3.05) is 14.1 Å². The minimum Gasteiger partial charge on any atom is -0.305 e. The summed E-state index contributed by atoms with van der Waals surface area (Å²) >= 11 is 0. The van der Waals surface area contributed by atoms with Crippen molar-refractivity contribution >= 4 is 10.0 Å². The van der Waals surface area contributed by atoms with Crippen molar-refractivity contribution in [3.8, 4) is 0 Å². The maximum atomic E-state index is 13.5. The van der Waals surface area contributed by atoms with E-state index in [2.05, 4.69) is 5.14 Å². The van der Waals surface area contributed by atoms with Gasteiger partial charge < -0.3 is 4.90 Å². The van der Waals surface area contributed by atoms with Crippen LogP contribution in [0.15, 0.2) is 4.90 Å². The van der Waals surface area contributed by atoms with Gasteiger partial charge in [-0.2, -0.15) is 0 Å². The Hall–Kier alpha value is -1.19. The van der Waals surface area contributed by atoms with Gasteiger partial charge in [0.1, 0.15) is 0 Å². The first-order chi connectivity index (χ1) is 8.07. The Morgan fingerprint density at radius 2 is 1.39 bits per heavy atom. The Balaban J connectivity index is 3.66. The van der Waals surface area contributed by atoms with Gasteiger partial charge in [0.05, 0.1) is 0 Å². The Labute approximate surface area is 101 Å². The molecule has 0 fully saturated rings. The van der Waals surface area contributed by atoms with Crippen molar-refractivity contribution in [3.63, 3.8) is 0 Å². The summed E-state index contributed by atoms with van der Waals surface area (Å²) in [6, 6.07) is 0. The molecule has 0 radical (unpaired) electrons. The molecule has 102 valence electrons. The zero-order valence-corrected chi connectivity index (χ0v) is 10.3. The monoisotopic (exact) mass is 286 g/mol. The van der Waals surface area contributed by atoms with E-state index in [1.165, 1.54) is 19.0 Å². The Kier molecular flexibility index (Phi) is 3.99. The lowest BCUT2D eigenvalue weighted by Gasteiger charge is -2.14. The molecule has 0 unspecified atom stereocenters. The molecule has 0 aromatic heterocycles. The van der Waals surface area contributed by atoms with E-state index in [0.717, 1.165) is 0 Å². The number of sulfonamides is 1. The summed E-state index contributed by atoms with van der Waals surface area (Å²) in [5.41, 5.74) is -0.901. The predicted molar refractivity (Wildman–Crippen MR) is 55.0 cm³/mol. The van der Waals surface area contributed by atoms with Crippen LogP contribution in [0.4, 0.5) is 17.6 Å². The summed E-state index contributed by atoms with van der Waals surface area (Å²) < 4.78 is 75.4. The maximum Gasteiger partial charge on any atom is 0.244 e. The summed E-state index contributed by atoms with van der Waals surface area (Å²) in [6.07, 6.45) is 0. The normalized spacial score (nSPS) is 12.2. The summed E-state index contributed by atoms with van der Waals surface area (Å²) in [4.78, 5) is -0.545. The molecule has 9 heteroatoms. The number of primary sulfonamides is 1. The molecule has 1 rings (SSSR count). The molecular formula is C9H10F4N2O2S. The molecule has 0 heterocycles. The van der Waals surface area contributed by atoms with Crippen molar-refractivity contribution in [2.24, 2.45) is 5.14 Å². The molecule has 1 aromatic rings. The van der Waals surface area contributed by atoms with Crippen LogP contribution in [0, 0.1) is 23.3 Å². The van der Waals surface area contributed by atoms with Crippen LogP contribution < -0.4 is 5.14 Å². The van der Waals surface area contributed by atoms with Crippen LogP contribution in [0.2, 0.25) is 0 Å². The lowest BCUT2D eigenvalue weighted by atomic mass is 10.1. The summed E-state index contributed by atoms with van der Waals surface area (Å²) in [5.74, 6) is -7.58. The molecule has 0 saturated heterocycles. The van der Waals surface area contributed by atoms with Crippen LogP contribution in [-0.4, -0.2) is 27.4 Å². The van der Waals surface area contributed by atoms with Crippen molar-refractivity contribution in [1.82, 2.24) is 4.90 Å². The zero-order valence-electron chi connectivity index (χ0n) is 9.47. The average molecular weight is 286 g/mol. The second-order valence-corrected chi connectivity index (χ2v) is 5.34. The summed E-state index contributed by atoms with van der Waals surface area (Å²) in [5, 5.41) is 4.50. The van der Waals surface area contributed by atoms with Gasteiger partial charge in [0, 0.05) is 12.1 Å². The van der Waals surface area contributed by atoms with Crippen LogP contribution in [0.25, 0.3) is 0 Å². The highest BCUT2D eigenvalue weighted by Crippen LogP contribution is 2.27. The van der Waals surface area contributed by atoms with E-state index in [1.807, 2.05) is 0 Å². The van der Waals surface area contributed by atoms with Gasteiger partial charge in [-0.1, -0.05) is 0 Å². The van der Waals surface area contributed by atoms with Gasteiger partial charge in [-0.05, 0) is 14.1 Å². The molecule has 0 atom stereocenters. The number of hydrogen-bond acceptors (Lipinski definition) is 3. The number of nitrogens with zero attached hydrogens (tertiary/aromatic N) is 1. The van der Waals surface area contributed by atoms with Gasteiger partial charge in [-0.3, -0.25) is 0 Å². The van der Waals surface area contributed by atoms with Crippen molar-refractivity contribution in [2.45, 2.75) is 11.4 Å². The number of hydrogen-bond donors (Lipinski definition) is 1. The SMILES string of the molecule is CN(C)Cc1c(F)c(F)c(S(N)(=O)=O)c(F)c1F. The molecule has 0 saturated carbocycles. The largest absolute Gasteiger partial charge is 0.305 e. The molecule has 0 bridgehead atoms. The molecular weight excluding hydrogens is 276 g/mol. The quantitative estimate of drug-likeness (QED) is 0.665. The Bertz CT molecular complexity index is 558. The fraction of sp³-hybridized carbons (Fsp3) is 0.333. The van der Waals surface area contributed by atoms with Gasteiger partial charge in [-0.25, -0.2) is 31.1 Å². The minimum absolute atomic E-state index is 0.434. The molecule has 0 aliphatic carbocycles. The Morgan fingerprint density at radius 1 is 1.00 bits per heavy atom. The van der Waals surface area contributed by atoms with E-state index >= 15 is 0 Å². The van der Waals surface area contributed by atoms with E-state index < -0.39 is 50.3 Å². The fourth-order valence-corrected chi connectivity index (χ4v) is 2.04. The first kappa shape index (κ1) is 14.9. The highest BCUT2D eigenvalue weighted by molar-refractivity contribution is 7.89. The second kappa shape index (κ2) is 4.82. The first-order valence-corrected chi connectivity index (χ1v) is 6.14. The molecule has 1 aromatic carbocycles. The lowest BCUT2D eigenvalue weighted by Crippen LogP contribution is -2.21. The van der Waals surface area contributed by atoms with E-state index in [1.54, 1.807) is 0 Å². The highest BCUT2D eigenvalue weighted by atomic mass is 32.2. The fourth-order valence-electron chi connectivity index (χ4n) is 1.36. The van der Waals surface area contributed by atoms with Crippen LogP contribution in [0.1, 0.15) is 5.56 Å². The maximum absolute atomic E-state index is 13.5. The lowest BCUT2D eigenvalue weighted by molar-refractivity contribution is 0.352. The van der Waals surface area contributed by atoms with Gasteiger partial charge in [0.25, 0.3) is 0 Å². The predicted octanol–water partition coefficient (Wildman–Crippen LogP) is 0.952. The summed E-state index contributed by atoms with van der Waals surface area (Å²) in [6.45, 7) is -0.434. The average Bonchev–Trinajstić information content (AvgIpc) is 2.19. The molecule has 0 aliphatic heterocycles. The third-order valence-corrected chi connectivity index (χ3v) is 3.00. The van der Waals surface area contributed by atoms with Crippen LogP contribution in [0.5, 0.6) is 0 Å². The van der Waals surface area contributed by atoms with E-state index in [-0.39, 0.29) is 0 Å². The van der Waals surface area contributed by atoms with Gasteiger partial charge in [0.15, 0.2) is 28.2 Å². The van der Waals surface area contributed by atoms with Gasteiger partial charge >= 0.3 is 0 Å². The smallest absolute Gasteiger partial charge is 0.244 e. The van der Waals surface area contributed by atoms with E-state index in [0.29, 0.717) is 0 Å². The van der Waals surface area contributed by atoms with Crippen molar-refractivity contribution in [1.29, 1.82) is 0 Å².